The van der Waals surface area contributed by atoms with E-state index in [1.807, 2.05) is 53.4 Å². The number of pyridine rings is 1. The first-order chi connectivity index (χ1) is 16.6. The molecule has 0 aliphatic carbocycles. The topological polar surface area (TPSA) is 65.5 Å². The van der Waals surface area contributed by atoms with Crippen molar-refractivity contribution < 1.29 is 14.0 Å². The fourth-order valence-corrected chi connectivity index (χ4v) is 4.13. The zero-order chi connectivity index (χ0) is 23.5. The third kappa shape index (κ3) is 4.45. The molecule has 6 nitrogen and oxygen atoms in total. The van der Waals surface area contributed by atoms with Crippen molar-refractivity contribution in [2.24, 2.45) is 0 Å². The van der Waals surface area contributed by atoms with Crippen molar-refractivity contribution in [3.8, 4) is 0 Å². The molecule has 5 rings (SSSR count). The van der Waals surface area contributed by atoms with E-state index in [9.17, 15) is 14.0 Å². The van der Waals surface area contributed by atoms with E-state index < -0.39 is 11.7 Å². The standard InChI is InChI=1S/C27H23FN4O2/c28-24-8-4-3-7-23(24)26(33)30-22-11-12-25(29-18-22)31-13-15-32(16-14-31)27(34)21-10-9-19-5-1-2-6-20(19)17-21/h1-12,17-18H,13-16H2,(H,30,33). The summed E-state index contributed by atoms with van der Waals surface area (Å²) < 4.78 is 13.8. The highest BCUT2D eigenvalue weighted by atomic mass is 19.1. The van der Waals surface area contributed by atoms with E-state index >= 15 is 0 Å². The van der Waals surface area contributed by atoms with E-state index in [1.54, 1.807) is 18.3 Å². The molecular weight excluding hydrogens is 431 g/mol. The molecule has 0 radical (unpaired) electrons. The lowest BCUT2D eigenvalue weighted by molar-refractivity contribution is 0.0746. The Morgan fingerprint density at radius 1 is 0.824 bits per heavy atom. The molecule has 1 aliphatic rings. The fraction of sp³-hybridized carbons (Fsp3) is 0.148. The second kappa shape index (κ2) is 9.31. The minimum absolute atomic E-state index is 0.0150. The molecule has 0 spiro atoms. The number of rotatable bonds is 4. The summed E-state index contributed by atoms with van der Waals surface area (Å²) in [6.07, 6.45) is 1.56. The second-order valence-corrected chi connectivity index (χ2v) is 8.18. The first kappa shape index (κ1) is 21.6. The van der Waals surface area contributed by atoms with Gasteiger partial charge in [-0.25, -0.2) is 9.37 Å². The largest absolute Gasteiger partial charge is 0.353 e. The summed E-state index contributed by atoms with van der Waals surface area (Å²) >= 11 is 0. The van der Waals surface area contributed by atoms with Crippen LogP contribution in [0.15, 0.2) is 85.1 Å². The molecule has 170 valence electrons. The lowest BCUT2D eigenvalue weighted by Crippen LogP contribution is -2.49. The SMILES string of the molecule is O=C(Nc1ccc(N2CCN(C(=O)c3ccc4ccccc4c3)CC2)nc1)c1ccccc1F. The Balaban J connectivity index is 1.19. The van der Waals surface area contributed by atoms with E-state index in [4.69, 9.17) is 0 Å². The first-order valence-corrected chi connectivity index (χ1v) is 11.1. The molecule has 1 fully saturated rings. The van der Waals surface area contributed by atoms with Crippen molar-refractivity contribution >= 4 is 34.1 Å². The Bertz CT molecular complexity index is 1350. The van der Waals surface area contributed by atoms with E-state index in [1.165, 1.54) is 18.2 Å². The summed E-state index contributed by atoms with van der Waals surface area (Å²) in [5.41, 5.74) is 1.17. The van der Waals surface area contributed by atoms with E-state index in [2.05, 4.69) is 15.2 Å². The lowest BCUT2D eigenvalue weighted by Gasteiger charge is -2.35. The van der Waals surface area contributed by atoms with Crippen LogP contribution in [0, 0.1) is 5.82 Å². The number of benzene rings is 3. The summed E-state index contributed by atoms with van der Waals surface area (Å²) in [5, 5.41) is 4.84. The number of piperazine rings is 1. The van der Waals surface area contributed by atoms with Crippen molar-refractivity contribution in [1.29, 1.82) is 0 Å². The smallest absolute Gasteiger partial charge is 0.258 e. The van der Waals surface area contributed by atoms with E-state index in [-0.39, 0.29) is 11.5 Å². The third-order valence-corrected chi connectivity index (χ3v) is 6.01. The molecule has 1 N–H and O–H groups in total. The highest BCUT2D eigenvalue weighted by Gasteiger charge is 2.23. The van der Waals surface area contributed by atoms with Gasteiger partial charge in [-0.2, -0.15) is 0 Å². The van der Waals surface area contributed by atoms with Crippen LogP contribution in [0.3, 0.4) is 0 Å². The molecule has 2 heterocycles. The van der Waals surface area contributed by atoms with Gasteiger partial charge in [0.25, 0.3) is 11.8 Å². The number of nitrogens with one attached hydrogen (secondary N) is 1. The number of carbonyl (C=O) groups is 2. The quantitative estimate of drug-likeness (QED) is 0.490. The second-order valence-electron chi connectivity index (χ2n) is 8.18. The predicted octanol–water partition coefficient (Wildman–Crippen LogP) is 4.59. The normalized spacial score (nSPS) is 13.7. The van der Waals surface area contributed by atoms with Crippen LogP contribution in [0.2, 0.25) is 0 Å². The first-order valence-electron chi connectivity index (χ1n) is 11.1. The Morgan fingerprint density at radius 2 is 1.56 bits per heavy atom. The number of hydrogen-bond donors (Lipinski definition) is 1. The number of nitrogens with zero attached hydrogens (tertiary/aromatic N) is 3. The van der Waals surface area contributed by atoms with Crippen LogP contribution in [0.4, 0.5) is 15.9 Å². The molecule has 0 saturated carbocycles. The van der Waals surface area contributed by atoms with Gasteiger partial charge >= 0.3 is 0 Å². The summed E-state index contributed by atoms with van der Waals surface area (Å²) in [6, 6.07) is 23.2. The van der Waals surface area contributed by atoms with Gasteiger partial charge in [-0.15, -0.1) is 0 Å². The van der Waals surface area contributed by atoms with Gasteiger partial charge in [0.05, 0.1) is 17.4 Å². The van der Waals surface area contributed by atoms with Gasteiger partial charge in [-0.1, -0.05) is 42.5 Å². The van der Waals surface area contributed by atoms with E-state index in [0.717, 1.165) is 16.6 Å². The number of fused-ring (bicyclic) bond motifs is 1. The highest BCUT2D eigenvalue weighted by Crippen LogP contribution is 2.20. The lowest BCUT2D eigenvalue weighted by atomic mass is 10.1. The molecule has 0 unspecified atom stereocenters. The molecule has 1 aliphatic heterocycles. The van der Waals surface area contributed by atoms with E-state index in [0.29, 0.717) is 37.4 Å². The minimum Gasteiger partial charge on any atom is -0.353 e. The molecule has 2 amide bonds. The average molecular weight is 455 g/mol. The molecule has 1 saturated heterocycles. The monoisotopic (exact) mass is 454 g/mol. The minimum atomic E-state index is -0.569. The highest BCUT2D eigenvalue weighted by molar-refractivity contribution is 6.04. The van der Waals surface area contributed by atoms with Crippen LogP contribution in [0.25, 0.3) is 10.8 Å². The molecule has 7 heteroatoms. The van der Waals surface area contributed by atoms with Gasteiger partial charge in [-0.05, 0) is 47.2 Å². The van der Waals surface area contributed by atoms with Crippen LogP contribution < -0.4 is 10.2 Å². The number of aromatic nitrogens is 1. The van der Waals surface area contributed by atoms with Crippen molar-refractivity contribution in [2.45, 2.75) is 0 Å². The summed E-state index contributed by atoms with van der Waals surface area (Å²) in [4.78, 5) is 33.7. The Labute approximate surface area is 196 Å². The van der Waals surface area contributed by atoms with Crippen LogP contribution in [-0.4, -0.2) is 47.9 Å². The third-order valence-electron chi connectivity index (χ3n) is 6.01. The van der Waals surface area contributed by atoms with Crippen LogP contribution >= 0.6 is 0 Å². The number of amides is 2. The summed E-state index contributed by atoms with van der Waals surface area (Å²) in [5.74, 6) is -0.291. The van der Waals surface area contributed by atoms with Crippen LogP contribution in [-0.2, 0) is 0 Å². The molecular formula is C27H23FN4O2. The fourth-order valence-electron chi connectivity index (χ4n) is 4.13. The van der Waals surface area contributed by atoms with Gasteiger partial charge in [0.2, 0.25) is 0 Å². The van der Waals surface area contributed by atoms with Gasteiger partial charge in [0.15, 0.2) is 0 Å². The van der Waals surface area contributed by atoms with Crippen molar-refractivity contribution in [3.05, 3.63) is 102 Å². The maximum Gasteiger partial charge on any atom is 0.258 e. The molecule has 34 heavy (non-hydrogen) atoms. The number of carbonyl (C=O) groups excluding carboxylic acids is 2. The molecule has 0 bridgehead atoms. The van der Waals surface area contributed by atoms with Crippen molar-refractivity contribution in [3.63, 3.8) is 0 Å². The number of halogens is 1. The Kier molecular flexibility index (Phi) is 5.91. The van der Waals surface area contributed by atoms with Gasteiger partial charge < -0.3 is 15.1 Å². The van der Waals surface area contributed by atoms with Crippen molar-refractivity contribution in [2.75, 3.05) is 36.4 Å². The van der Waals surface area contributed by atoms with Gasteiger partial charge in [-0.3, -0.25) is 9.59 Å². The Morgan fingerprint density at radius 3 is 2.29 bits per heavy atom. The van der Waals surface area contributed by atoms with Gasteiger partial charge in [0, 0.05) is 31.7 Å². The summed E-state index contributed by atoms with van der Waals surface area (Å²) in [6.45, 7) is 2.51. The zero-order valence-corrected chi connectivity index (χ0v) is 18.4. The van der Waals surface area contributed by atoms with Gasteiger partial charge in [0.1, 0.15) is 11.6 Å². The maximum absolute atomic E-state index is 13.8. The predicted molar refractivity (Wildman–Crippen MR) is 131 cm³/mol. The molecule has 4 aromatic rings. The number of hydrogen-bond acceptors (Lipinski definition) is 4. The number of anilines is 2. The average Bonchev–Trinajstić information content (AvgIpc) is 2.89. The van der Waals surface area contributed by atoms with Crippen molar-refractivity contribution in [1.82, 2.24) is 9.88 Å². The summed E-state index contributed by atoms with van der Waals surface area (Å²) in [7, 11) is 0. The maximum atomic E-state index is 13.8. The zero-order valence-electron chi connectivity index (χ0n) is 18.4. The van der Waals surface area contributed by atoms with Crippen LogP contribution in [0.1, 0.15) is 20.7 Å². The molecule has 0 atom stereocenters. The van der Waals surface area contributed by atoms with Crippen LogP contribution in [0.5, 0.6) is 0 Å². The molecule has 3 aromatic carbocycles. The molecule has 1 aromatic heterocycles. The Hall–Kier alpha value is -4.26.